The number of halogens is 2. The van der Waals surface area contributed by atoms with Crippen molar-refractivity contribution in [3.63, 3.8) is 0 Å². The summed E-state index contributed by atoms with van der Waals surface area (Å²) in [6, 6.07) is 10.4. The van der Waals surface area contributed by atoms with Gasteiger partial charge in [-0.25, -0.2) is 8.78 Å². The summed E-state index contributed by atoms with van der Waals surface area (Å²) in [7, 11) is 0. The van der Waals surface area contributed by atoms with Crippen molar-refractivity contribution in [2.45, 2.75) is 25.7 Å². The summed E-state index contributed by atoms with van der Waals surface area (Å²) in [6.45, 7) is 0.449. The zero-order chi connectivity index (χ0) is 21.7. The summed E-state index contributed by atoms with van der Waals surface area (Å²) >= 11 is 6.52. The van der Waals surface area contributed by atoms with Crippen LogP contribution in [0.1, 0.15) is 31.2 Å². The Morgan fingerprint density at radius 3 is 2.50 bits per heavy atom. The Bertz CT molecular complexity index is 1000. The van der Waals surface area contributed by atoms with Gasteiger partial charge in [-0.3, -0.25) is 14.5 Å². The molecule has 8 heteroatoms. The van der Waals surface area contributed by atoms with Gasteiger partial charge in [-0.1, -0.05) is 48.6 Å². The maximum absolute atomic E-state index is 13.5. The highest BCUT2D eigenvalue weighted by molar-refractivity contribution is 8.26. The maximum Gasteiger partial charge on any atom is 0.303 e. The molecule has 1 fully saturated rings. The molecule has 0 spiro atoms. The highest BCUT2D eigenvalue weighted by Crippen LogP contribution is 2.33. The number of carboxylic acids is 1. The average molecular weight is 448 g/mol. The number of benzene rings is 2. The molecule has 1 aliphatic heterocycles. The fourth-order valence-corrected chi connectivity index (χ4v) is 4.40. The van der Waals surface area contributed by atoms with Gasteiger partial charge in [0.1, 0.15) is 16.0 Å². The van der Waals surface area contributed by atoms with Crippen molar-refractivity contribution in [2.75, 3.05) is 6.54 Å². The first-order chi connectivity index (χ1) is 14.3. The van der Waals surface area contributed by atoms with Gasteiger partial charge in [0.05, 0.1) is 4.91 Å². The van der Waals surface area contributed by atoms with Crippen LogP contribution < -0.4 is 0 Å². The van der Waals surface area contributed by atoms with E-state index >= 15 is 0 Å². The van der Waals surface area contributed by atoms with Crippen molar-refractivity contribution in [3.8, 4) is 11.1 Å². The number of amides is 1. The number of carbonyl (C=O) groups excluding carboxylic acids is 1. The molecule has 4 nitrogen and oxygen atoms in total. The van der Waals surface area contributed by atoms with Crippen LogP contribution in [0.25, 0.3) is 17.2 Å². The predicted octanol–water partition coefficient (Wildman–Crippen LogP) is 5.48. The van der Waals surface area contributed by atoms with E-state index in [1.165, 1.54) is 28.8 Å². The standard InChI is InChI=1S/C22H19F2NO3S2/c23-17-11-16(12-18(24)13-17)15-6-4-5-14(9-15)10-19-21(28)25(22(29)30-19)8-3-1-2-7-20(26)27/h4-6,9-13H,1-3,7-8H2,(H,26,27)/b19-10-. The first-order valence-electron chi connectivity index (χ1n) is 9.37. The van der Waals surface area contributed by atoms with Crippen molar-refractivity contribution in [2.24, 2.45) is 0 Å². The second-order valence-electron chi connectivity index (χ2n) is 6.82. The molecule has 0 saturated carbocycles. The quantitative estimate of drug-likeness (QED) is 0.330. The second kappa shape index (κ2) is 9.95. The van der Waals surface area contributed by atoms with E-state index in [9.17, 15) is 18.4 Å². The van der Waals surface area contributed by atoms with E-state index in [0.29, 0.717) is 46.2 Å². The molecule has 0 bridgehead atoms. The van der Waals surface area contributed by atoms with Crippen molar-refractivity contribution >= 4 is 46.3 Å². The van der Waals surface area contributed by atoms with Gasteiger partial charge in [0.2, 0.25) is 0 Å². The Hall–Kier alpha value is -2.58. The minimum atomic E-state index is -0.827. The number of hydrogen-bond acceptors (Lipinski definition) is 4. The van der Waals surface area contributed by atoms with E-state index in [1.54, 1.807) is 30.3 Å². The van der Waals surface area contributed by atoms with Gasteiger partial charge in [0, 0.05) is 19.0 Å². The maximum atomic E-state index is 13.5. The normalized spacial score (nSPS) is 15.3. The van der Waals surface area contributed by atoms with Crippen LogP contribution in [0.3, 0.4) is 0 Å². The molecular weight excluding hydrogens is 428 g/mol. The zero-order valence-electron chi connectivity index (χ0n) is 15.9. The summed E-state index contributed by atoms with van der Waals surface area (Å²) < 4.78 is 27.5. The van der Waals surface area contributed by atoms with Crippen molar-refractivity contribution in [1.82, 2.24) is 4.90 Å². The van der Waals surface area contributed by atoms with E-state index in [0.717, 1.165) is 11.6 Å². The van der Waals surface area contributed by atoms with E-state index in [-0.39, 0.29) is 12.3 Å². The number of hydrogen-bond donors (Lipinski definition) is 1. The van der Waals surface area contributed by atoms with Crippen molar-refractivity contribution < 1.29 is 23.5 Å². The Morgan fingerprint density at radius 2 is 1.80 bits per heavy atom. The molecule has 156 valence electrons. The van der Waals surface area contributed by atoms with Gasteiger partial charge in [-0.15, -0.1) is 0 Å². The fourth-order valence-electron chi connectivity index (χ4n) is 3.10. The number of nitrogens with zero attached hydrogens (tertiary/aromatic N) is 1. The lowest BCUT2D eigenvalue weighted by atomic mass is 10.0. The molecule has 2 aromatic carbocycles. The van der Waals surface area contributed by atoms with Gasteiger partial charge in [-0.2, -0.15) is 0 Å². The second-order valence-corrected chi connectivity index (χ2v) is 8.50. The van der Waals surface area contributed by atoms with Crippen molar-refractivity contribution in [1.29, 1.82) is 0 Å². The lowest BCUT2D eigenvalue weighted by molar-refractivity contribution is -0.137. The van der Waals surface area contributed by atoms with Crippen molar-refractivity contribution in [3.05, 3.63) is 64.6 Å². The number of carboxylic acid groups (broad SMARTS) is 1. The topological polar surface area (TPSA) is 57.6 Å². The van der Waals surface area contributed by atoms with Gasteiger partial charge in [0.15, 0.2) is 0 Å². The lowest BCUT2D eigenvalue weighted by Gasteiger charge is -2.13. The first-order valence-corrected chi connectivity index (χ1v) is 10.6. The summed E-state index contributed by atoms with van der Waals surface area (Å²) in [5, 5.41) is 8.67. The van der Waals surface area contributed by atoms with Gasteiger partial charge in [-0.05, 0) is 53.8 Å². The zero-order valence-corrected chi connectivity index (χ0v) is 17.6. The van der Waals surface area contributed by atoms with Gasteiger partial charge >= 0.3 is 5.97 Å². The molecule has 30 heavy (non-hydrogen) atoms. The van der Waals surface area contributed by atoms with Gasteiger partial charge < -0.3 is 5.11 Å². The number of aliphatic carboxylic acids is 1. The Labute approximate surface area is 182 Å². The molecule has 0 aromatic heterocycles. The summed E-state index contributed by atoms with van der Waals surface area (Å²) in [6.07, 6.45) is 3.77. The number of carbonyl (C=O) groups is 2. The first kappa shape index (κ1) is 22.1. The third-order valence-corrected chi connectivity index (χ3v) is 5.90. The molecule has 1 aliphatic rings. The molecule has 3 rings (SSSR count). The van der Waals surface area contributed by atoms with Crippen LogP contribution in [-0.2, 0) is 9.59 Å². The van der Waals surface area contributed by atoms with E-state index in [2.05, 4.69) is 0 Å². The summed E-state index contributed by atoms with van der Waals surface area (Å²) in [4.78, 5) is 25.3. The molecule has 1 saturated heterocycles. The number of thioether (sulfide) groups is 1. The van der Waals surface area contributed by atoms with Crippen LogP contribution in [0.5, 0.6) is 0 Å². The van der Waals surface area contributed by atoms with Crippen LogP contribution in [-0.4, -0.2) is 32.7 Å². The van der Waals surface area contributed by atoms with Crippen LogP contribution in [0.2, 0.25) is 0 Å². The smallest absolute Gasteiger partial charge is 0.303 e. The molecule has 0 radical (unpaired) electrons. The summed E-state index contributed by atoms with van der Waals surface area (Å²) in [5.74, 6) is -2.32. The molecule has 1 N–H and O–H groups in total. The Kier molecular flexibility index (Phi) is 7.33. The average Bonchev–Trinajstić information content (AvgIpc) is 2.94. The lowest BCUT2D eigenvalue weighted by Crippen LogP contribution is -2.29. The molecular formula is C22H19F2NO3S2. The van der Waals surface area contributed by atoms with Crippen LogP contribution in [0, 0.1) is 11.6 Å². The molecule has 0 atom stereocenters. The molecule has 1 amide bonds. The number of thiocarbonyl (C=S) groups is 1. The summed E-state index contributed by atoms with van der Waals surface area (Å²) in [5.41, 5.74) is 1.77. The number of unbranched alkanes of at least 4 members (excludes halogenated alkanes) is 2. The Morgan fingerprint density at radius 1 is 1.07 bits per heavy atom. The third-order valence-electron chi connectivity index (χ3n) is 4.53. The highest BCUT2D eigenvalue weighted by Gasteiger charge is 2.31. The number of rotatable bonds is 8. The van der Waals surface area contributed by atoms with E-state index in [1.807, 2.05) is 0 Å². The van der Waals surface area contributed by atoms with Crippen LogP contribution in [0.15, 0.2) is 47.4 Å². The van der Waals surface area contributed by atoms with E-state index in [4.69, 9.17) is 17.3 Å². The largest absolute Gasteiger partial charge is 0.481 e. The fraction of sp³-hybridized carbons (Fsp3) is 0.227. The van der Waals surface area contributed by atoms with Crippen LogP contribution >= 0.6 is 24.0 Å². The molecule has 0 aliphatic carbocycles. The third kappa shape index (κ3) is 5.73. The van der Waals surface area contributed by atoms with E-state index < -0.39 is 17.6 Å². The molecule has 0 unspecified atom stereocenters. The SMILES string of the molecule is O=C(O)CCCCCN1C(=O)/C(=C/c2cccc(-c3cc(F)cc(F)c3)c2)SC1=S. The molecule has 1 heterocycles. The van der Waals surface area contributed by atoms with Gasteiger partial charge in [0.25, 0.3) is 5.91 Å². The monoisotopic (exact) mass is 447 g/mol. The predicted molar refractivity (Wildman–Crippen MR) is 118 cm³/mol. The minimum absolute atomic E-state index is 0.115. The highest BCUT2D eigenvalue weighted by atomic mass is 32.2. The minimum Gasteiger partial charge on any atom is -0.481 e. The molecule has 2 aromatic rings. The van der Waals surface area contributed by atoms with Crippen LogP contribution in [0.4, 0.5) is 8.78 Å². The Balaban J connectivity index is 1.70.